The number of likely N-dealkylation sites (tertiary alicyclic amines) is 1. The Morgan fingerprint density at radius 3 is 2.68 bits per heavy atom. The summed E-state index contributed by atoms with van der Waals surface area (Å²) in [5.41, 5.74) is 0.746. The van der Waals surface area contributed by atoms with Crippen molar-refractivity contribution in [2.24, 2.45) is 5.92 Å². The lowest BCUT2D eigenvalue weighted by molar-refractivity contribution is -0.923. The molecule has 1 unspecified atom stereocenters. The van der Waals surface area contributed by atoms with Gasteiger partial charge in [0.25, 0.3) is 0 Å². The number of hydrogen-bond donors (Lipinski definition) is 2. The molecule has 0 amide bonds. The Kier molecular flexibility index (Phi) is 4.00. The molecule has 1 heterocycles. The summed E-state index contributed by atoms with van der Waals surface area (Å²) in [5, 5.41) is 12.0. The summed E-state index contributed by atoms with van der Waals surface area (Å²) < 4.78 is 38.8. The van der Waals surface area contributed by atoms with Crippen LogP contribution in [0.25, 0.3) is 10.8 Å². The number of quaternary nitrogens is 1. The minimum absolute atomic E-state index is 0.0894. The second-order valence-electron chi connectivity index (χ2n) is 6.05. The number of phenols is 1. The average Bonchev–Trinajstić information content (AvgIpc) is 2.50. The molecule has 1 aliphatic rings. The standard InChI is InChI=1S/C17H18F3NO/c18-17(19,20)13-5-3-9-21(10-13)11-15-14-6-2-1-4-12(14)7-8-16(15)22/h1-2,4,6-8,13,22H,3,5,9-11H2/p+1/t13-/m0/s1. The number of phenolic OH excluding ortho intramolecular Hbond substituents is 1. The minimum Gasteiger partial charge on any atom is -0.507 e. The van der Waals surface area contributed by atoms with Gasteiger partial charge in [0.2, 0.25) is 0 Å². The van der Waals surface area contributed by atoms with Crippen molar-refractivity contribution in [3.05, 3.63) is 42.0 Å². The van der Waals surface area contributed by atoms with E-state index in [-0.39, 0.29) is 18.7 Å². The van der Waals surface area contributed by atoms with Gasteiger partial charge in [0, 0.05) is 0 Å². The molecular weight excluding hydrogens is 291 g/mol. The molecule has 0 aromatic heterocycles. The second-order valence-corrected chi connectivity index (χ2v) is 6.05. The summed E-state index contributed by atoms with van der Waals surface area (Å²) in [6.45, 7) is 1.24. The molecule has 0 spiro atoms. The van der Waals surface area contributed by atoms with Crippen LogP contribution in [0.1, 0.15) is 18.4 Å². The van der Waals surface area contributed by atoms with E-state index in [9.17, 15) is 18.3 Å². The molecule has 2 atom stereocenters. The lowest BCUT2D eigenvalue weighted by Crippen LogP contribution is -3.12. The lowest BCUT2D eigenvalue weighted by Gasteiger charge is -2.31. The Balaban J connectivity index is 1.85. The van der Waals surface area contributed by atoms with Gasteiger partial charge in [0.1, 0.15) is 18.2 Å². The Morgan fingerprint density at radius 1 is 1.14 bits per heavy atom. The smallest absolute Gasteiger partial charge is 0.397 e. The molecule has 22 heavy (non-hydrogen) atoms. The van der Waals surface area contributed by atoms with E-state index in [1.807, 2.05) is 30.3 Å². The highest BCUT2D eigenvalue weighted by Crippen LogP contribution is 2.30. The largest absolute Gasteiger partial charge is 0.507 e. The predicted octanol–water partition coefficient (Wildman–Crippen LogP) is 2.90. The molecule has 2 aromatic carbocycles. The molecule has 118 valence electrons. The van der Waals surface area contributed by atoms with Crippen LogP contribution >= 0.6 is 0 Å². The van der Waals surface area contributed by atoms with Crippen LogP contribution in [0.4, 0.5) is 13.2 Å². The van der Waals surface area contributed by atoms with Crippen molar-refractivity contribution in [1.29, 1.82) is 0 Å². The maximum absolute atomic E-state index is 12.9. The molecule has 1 aliphatic heterocycles. The van der Waals surface area contributed by atoms with E-state index in [0.717, 1.165) is 27.8 Å². The monoisotopic (exact) mass is 310 g/mol. The van der Waals surface area contributed by atoms with Crippen molar-refractivity contribution in [3.63, 3.8) is 0 Å². The van der Waals surface area contributed by atoms with Gasteiger partial charge in [0.05, 0.1) is 18.7 Å². The van der Waals surface area contributed by atoms with Crippen LogP contribution in [0.5, 0.6) is 5.75 Å². The summed E-state index contributed by atoms with van der Waals surface area (Å²) in [6.07, 6.45) is -3.33. The number of nitrogens with one attached hydrogen (secondary N) is 1. The number of hydrogen-bond acceptors (Lipinski definition) is 1. The molecular formula is C17H19F3NO+. The van der Waals surface area contributed by atoms with Crippen LogP contribution in [-0.2, 0) is 6.54 Å². The van der Waals surface area contributed by atoms with E-state index in [4.69, 9.17) is 0 Å². The molecule has 0 saturated carbocycles. The van der Waals surface area contributed by atoms with Crippen molar-refractivity contribution < 1.29 is 23.2 Å². The van der Waals surface area contributed by atoms with Gasteiger partial charge in [-0.15, -0.1) is 0 Å². The first-order valence-electron chi connectivity index (χ1n) is 7.55. The van der Waals surface area contributed by atoms with Gasteiger partial charge in [-0.3, -0.25) is 0 Å². The fourth-order valence-electron chi connectivity index (χ4n) is 3.35. The number of fused-ring (bicyclic) bond motifs is 1. The van der Waals surface area contributed by atoms with E-state index in [1.165, 1.54) is 0 Å². The number of alkyl halides is 3. The molecule has 0 radical (unpaired) electrons. The molecule has 2 aromatic rings. The molecule has 0 aliphatic carbocycles. The third kappa shape index (κ3) is 3.04. The van der Waals surface area contributed by atoms with Gasteiger partial charge >= 0.3 is 6.18 Å². The maximum Gasteiger partial charge on any atom is 0.397 e. The minimum atomic E-state index is -4.12. The highest BCUT2D eigenvalue weighted by atomic mass is 19.4. The van der Waals surface area contributed by atoms with Crippen LogP contribution in [-0.4, -0.2) is 24.4 Å². The Hall–Kier alpha value is -1.75. The number of rotatable bonds is 2. The zero-order chi connectivity index (χ0) is 15.7. The lowest BCUT2D eigenvalue weighted by atomic mass is 9.96. The van der Waals surface area contributed by atoms with Crippen molar-refractivity contribution >= 4 is 10.8 Å². The van der Waals surface area contributed by atoms with Crippen LogP contribution in [0.15, 0.2) is 36.4 Å². The highest BCUT2D eigenvalue weighted by molar-refractivity contribution is 5.87. The summed E-state index contributed by atoms with van der Waals surface area (Å²) in [6, 6.07) is 11.1. The van der Waals surface area contributed by atoms with Crippen molar-refractivity contribution in [2.75, 3.05) is 13.1 Å². The third-order valence-electron chi connectivity index (χ3n) is 4.52. The summed E-state index contributed by atoms with van der Waals surface area (Å²) in [7, 11) is 0. The summed E-state index contributed by atoms with van der Waals surface area (Å²) in [4.78, 5) is 0.889. The van der Waals surface area contributed by atoms with E-state index in [1.54, 1.807) is 6.07 Å². The van der Waals surface area contributed by atoms with Crippen LogP contribution in [0.3, 0.4) is 0 Å². The highest BCUT2D eigenvalue weighted by Gasteiger charge is 2.43. The van der Waals surface area contributed by atoms with Gasteiger partial charge in [0.15, 0.2) is 0 Å². The zero-order valence-electron chi connectivity index (χ0n) is 12.2. The fraction of sp³-hybridized carbons (Fsp3) is 0.412. The fourth-order valence-corrected chi connectivity index (χ4v) is 3.35. The first-order chi connectivity index (χ1) is 10.4. The molecule has 2 N–H and O–H groups in total. The molecule has 2 nitrogen and oxygen atoms in total. The average molecular weight is 310 g/mol. The van der Waals surface area contributed by atoms with E-state index in [2.05, 4.69) is 0 Å². The molecule has 0 bridgehead atoms. The van der Waals surface area contributed by atoms with Gasteiger partial charge in [-0.2, -0.15) is 13.2 Å². The van der Waals surface area contributed by atoms with E-state index in [0.29, 0.717) is 13.0 Å². The van der Waals surface area contributed by atoms with Crippen molar-refractivity contribution in [1.82, 2.24) is 0 Å². The van der Waals surface area contributed by atoms with Gasteiger partial charge in [-0.05, 0) is 29.7 Å². The van der Waals surface area contributed by atoms with Crippen LogP contribution in [0.2, 0.25) is 0 Å². The first-order valence-corrected chi connectivity index (χ1v) is 7.55. The number of benzene rings is 2. The number of halogens is 3. The second kappa shape index (κ2) is 5.80. The Morgan fingerprint density at radius 2 is 1.91 bits per heavy atom. The normalized spacial score (nSPS) is 22.9. The first kappa shape index (κ1) is 15.2. The third-order valence-corrected chi connectivity index (χ3v) is 4.52. The van der Waals surface area contributed by atoms with Crippen LogP contribution < -0.4 is 4.90 Å². The molecule has 5 heteroatoms. The van der Waals surface area contributed by atoms with Gasteiger partial charge < -0.3 is 10.0 Å². The zero-order valence-corrected chi connectivity index (χ0v) is 12.2. The quantitative estimate of drug-likeness (QED) is 0.876. The van der Waals surface area contributed by atoms with E-state index >= 15 is 0 Å². The summed E-state index contributed by atoms with van der Waals surface area (Å²) >= 11 is 0. The SMILES string of the molecule is Oc1ccc2ccccc2c1C[NH+]1CCC[C@H](C(F)(F)F)C1. The molecule has 3 rings (SSSR count). The Bertz CT molecular complexity index is 668. The van der Waals surface area contributed by atoms with Crippen molar-refractivity contribution in [3.8, 4) is 5.75 Å². The molecule has 1 fully saturated rings. The number of piperidine rings is 1. The topological polar surface area (TPSA) is 24.7 Å². The summed E-state index contributed by atoms with van der Waals surface area (Å²) in [5.74, 6) is -1.06. The van der Waals surface area contributed by atoms with Gasteiger partial charge in [-0.25, -0.2) is 0 Å². The maximum atomic E-state index is 12.9. The van der Waals surface area contributed by atoms with Crippen LogP contribution in [0, 0.1) is 5.92 Å². The number of aromatic hydroxyl groups is 1. The van der Waals surface area contributed by atoms with Gasteiger partial charge in [-0.1, -0.05) is 30.3 Å². The predicted molar refractivity (Wildman–Crippen MR) is 78.8 cm³/mol. The van der Waals surface area contributed by atoms with Crippen molar-refractivity contribution in [2.45, 2.75) is 25.6 Å². The molecule has 1 saturated heterocycles. The van der Waals surface area contributed by atoms with E-state index < -0.39 is 12.1 Å². The Labute approximate surface area is 127 Å².